The van der Waals surface area contributed by atoms with Gasteiger partial charge in [-0.1, -0.05) is 0 Å². The monoisotopic (exact) mass is 294 g/mol. The molecule has 0 aliphatic carbocycles. The molecule has 4 N–H and O–H groups in total. The number of nitrogen functional groups attached to an aromatic ring is 1. The van der Waals surface area contributed by atoms with Gasteiger partial charge in [0.05, 0.1) is 5.69 Å². The first-order chi connectivity index (χ1) is 9.22. The minimum absolute atomic E-state index is 0.0700. The number of aryl methyl sites for hydroxylation is 3. The molecule has 0 aliphatic rings. The largest absolute Gasteiger partial charge is 0.398 e. The van der Waals surface area contributed by atoms with Gasteiger partial charge in [0, 0.05) is 11.3 Å². The predicted molar refractivity (Wildman–Crippen MR) is 79.2 cm³/mol. The number of rotatable bonds is 3. The number of benzene rings is 1. The van der Waals surface area contributed by atoms with E-state index in [1.54, 1.807) is 19.1 Å². The van der Waals surface area contributed by atoms with E-state index in [0.29, 0.717) is 5.82 Å². The van der Waals surface area contributed by atoms with Gasteiger partial charge in [0.1, 0.15) is 4.90 Å². The number of anilines is 2. The fraction of sp³-hybridized carbons (Fsp3) is 0.308. The first-order valence-corrected chi connectivity index (χ1v) is 7.62. The van der Waals surface area contributed by atoms with E-state index in [1.807, 2.05) is 20.8 Å². The molecule has 0 bridgehead atoms. The quantitative estimate of drug-likeness (QED) is 0.754. The molecule has 0 saturated heterocycles. The molecule has 0 saturated carbocycles. The van der Waals surface area contributed by atoms with Gasteiger partial charge in [0.15, 0.2) is 5.82 Å². The molecule has 0 unspecified atom stereocenters. The summed E-state index contributed by atoms with van der Waals surface area (Å²) in [6.45, 7) is 7.35. The van der Waals surface area contributed by atoms with Gasteiger partial charge in [-0.05, 0) is 51.0 Å². The van der Waals surface area contributed by atoms with Crippen molar-refractivity contribution in [3.8, 4) is 0 Å². The van der Waals surface area contributed by atoms with E-state index in [0.717, 1.165) is 22.4 Å². The fourth-order valence-corrected chi connectivity index (χ4v) is 3.08. The van der Waals surface area contributed by atoms with Crippen molar-refractivity contribution in [2.24, 2.45) is 0 Å². The maximum Gasteiger partial charge on any atom is 0.265 e. The molecule has 2 aromatic rings. The summed E-state index contributed by atoms with van der Waals surface area (Å²) in [6.07, 6.45) is 0. The molecule has 7 heteroatoms. The van der Waals surface area contributed by atoms with Crippen LogP contribution in [0.15, 0.2) is 17.0 Å². The van der Waals surface area contributed by atoms with Gasteiger partial charge in [0.2, 0.25) is 0 Å². The summed E-state index contributed by atoms with van der Waals surface area (Å²) in [6, 6.07) is 3.23. The lowest BCUT2D eigenvalue weighted by Gasteiger charge is -2.11. The smallest absolute Gasteiger partial charge is 0.265 e. The highest BCUT2D eigenvalue weighted by atomic mass is 32.2. The highest BCUT2D eigenvalue weighted by Gasteiger charge is 2.21. The topological polar surface area (TPSA) is 101 Å². The van der Waals surface area contributed by atoms with Crippen LogP contribution in [0, 0.1) is 27.7 Å². The van der Waals surface area contributed by atoms with Crippen LogP contribution < -0.4 is 10.5 Å². The molecule has 0 fully saturated rings. The maximum absolute atomic E-state index is 12.4. The molecule has 6 nitrogen and oxygen atoms in total. The normalized spacial score (nSPS) is 11.6. The van der Waals surface area contributed by atoms with Crippen molar-refractivity contribution in [3.63, 3.8) is 0 Å². The molecule has 108 valence electrons. The minimum Gasteiger partial charge on any atom is -0.398 e. The van der Waals surface area contributed by atoms with Gasteiger partial charge in [-0.2, -0.15) is 5.10 Å². The molecule has 0 spiro atoms. The molecule has 20 heavy (non-hydrogen) atoms. The van der Waals surface area contributed by atoms with Crippen molar-refractivity contribution >= 4 is 21.5 Å². The van der Waals surface area contributed by atoms with Crippen LogP contribution in [0.5, 0.6) is 0 Å². The highest BCUT2D eigenvalue weighted by molar-refractivity contribution is 7.92. The molecule has 0 amide bonds. The Balaban J connectivity index is 2.46. The van der Waals surface area contributed by atoms with E-state index in [1.165, 1.54) is 0 Å². The molecule has 1 aromatic carbocycles. The Hall–Kier alpha value is -2.02. The number of nitrogens with zero attached hydrogens (tertiary/aromatic N) is 1. The second kappa shape index (κ2) is 4.82. The van der Waals surface area contributed by atoms with Gasteiger partial charge < -0.3 is 5.73 Å². The third-order valence-electron chi connectivity index (χ3n) is 3.40. The number of sulfonamides is 1. The van der Waals surface area contributed by atoms with Gasteiger partial charge in [-0.15, -0.1) is 0 Å². The van der Waals surface area contributed by atoms with Crippen molar-refractivity contribution < 1.29 is 8.42 Å². The van der Waals surface area contributed by atoms with Crippen LogP contribution in [-0.4, -0.2) is 18.6 Å². The number of hydrogen-bond acceptors (Lipinski definition) is 4. The molecule has 2 rings (SSSR count). The highest BCUT2D eigenvalue weighted by Crippen LogP contribution is 2.25. The van der Waals surface area contributed by atoms with Crippen LogP contribution in [0.1, 0.15) is 22.4 Å². The van der Waals surface area contributed by atoms with Crippen molar-refractivity contribution in [2.45, 2.75) is 32.6 Å². The summed E-state index contributed by atoms with van der Waals surface area (Å²) in [4.78, 5) is 0.0700. The summed E-state index contributed by atoms with van der Waals surface area (Å²) in [5.41, 5.74) is 9.45. The number of nitrogens with two attached hydrogens (primary N) is 1. The van der Waals surface area contributed by atoms with Crippen LogP contribution in [0.2, 0.25) is 0 Å². The van der Waals surface area contributed by atoms with Crippen LogP contribution in [0.4, 0.5) is 11.5 Å². The Labute approximate surface area is 118 Å². The summed E-state index contributed by atoms with van der Waals surface area (Å²) in [5.74, 6) is 0.292. The zero-order valence-electron chi connectivity index (χ0n) is 11.9. The Morgan fingerprint density at radius 1 is 1.15 bits per heavy atom. The molecule has 0 aliphatic heterocycles. The number of aromatic nitrogens is 2. The summed E-state index contributed by atoms with van der Waals surface area (Å²) < 4.78 is 27.3. The molecule has 0 atom stereocenters. The third-order valence-corrected chi connectivity index (χ3v) is 4.79. The SMILES string of the molecule is Cc1cc(N)c(S(=O)(=O)Nc2n[nH]c(C)c2C)cc1C. The van der Waals surface area contributed by atoms with Crippen molar-refractivity contribution in [1.29, 1.82) is 0 Å². The zero-order chi connectivity index (χ0) is 15.1. The average molecular weight is 294 g/mol. The number of hydrogen-bond donors (Lipinski definition) is 3. The Bertz CT molecular complexity index is 763. The summed E-state index contributed by atoms with van der Waals surface area (Å²) >= 11 is 0. The second-order valence-electron chi connectivity index (χ2n) is 4.90. The molecule has 1 aromatic heterocycles. The van der Waals surface area contributed by atoms with Crippen molar-refractivity contribution in [3.05, 3.63) is 34.5 Å². The molecular formula is C13H18N4O2S. The predicted octanol–water partition coefficient (Wildman–Crippen LogP) is 2.03. The lowest BCUT2D eigenvalue weighted by atomic mass is 10.1. The van der Waals surface area contributed by atoms with E-state index < -0.39 is 10.0 Å². The summed E-state index contributed by atoms with van der Waals surface area (Å²) in [5, 5.41) is 6.68. The number of nitrogens with one attached hydrogen (secondary N) is 2. The van der Waals surface area contributed by atoms with Crippen LogP contribution in [0.3, 0.4) is 0 Å². The first-order valence-electron chi connectivity index (χ1n) is 6.13. The van der Waals surface area contributed by atoms with Crippen molar-refractivity contribution in [2.75, 3.05) is 10.5 Å². The summed E-state index contributed by atoms with van der Waals surface area (Å²) in [7, 11) is -3.75. The fourth-order valence-electron chi connectivity index (χ4n) is 1.81. The lowest BCUT2D eigenvalue weighted by Crippen LogP contribution is -2.16. The van der Waals surface area contributed by atoms with Gasteiger partial charge in [-0.3, -0.25) is 9.82 Å². The zero-order valence-corrected chi connectivity index (χ0v) is 12.7. The van der Waals surface area contributed by atoms with Gasteiger partial charge in [-0.25, -0.2) is 8.42 Å². The Kier molecular flexibility index (Phi) is 3.47. The standard InChI is InChI=1S/C13H18N4O2S/c1-7-5-11(14)12(6-8(7)2)20(18,19)17-13-9(3)10(4)15-16-13/h5-6H,14H2,1-4H3,(H2,15,16,17). The van der Waals surface area contributed by atoms with E-state index in [-0.39, 0.29) is 10.6 Å². The molecular weight excluding hydrogens is 276 g/mol. The van der Waals surface area contributed by atoms with Crippen LogP contribution in [-0.2, 0) is 10.0 Å². The maximum atomic E-state index is 12.4. The van der Waals surface area contributed by atoms with Crippen molar-refractivity contribution in [1.82, 2.24) is 10.2 Å². The Morgan fingerprint density at radius 2 is 1.75 bits per heavy atom. The lowest BCUT2D eigenvalue weighted by molar-refractivity contribution is 0.601. The average Bonchev–Trinajstić information content (AvgIpc) is 2.65. The minimum atomic E-state index is -3.75. The first kappa shape index (κ1) is 14.4. The van der Waals surface area contributed by atoms with Crippen LogP contribution in [0.25, 0.3) is 0 Å². The van der Waals surface area contributed by atoms with E-state index in [9.17, 15) is 8.42 Å². The molecule has 1 heterocycles. The van der Waals surface area contributed by atoms with E-state index in [4.69, 9.17) is 5.73 Å². The number of aromatic amines is 1. The van der Waals surface area contributed by atoms with E-state index in [2.05, 4.69) is 14.9 Å². The van der Waals surface area contributed by atoms with E-state index >= 15 is 0 Å². The Morgan fingerprint density at radius 3 is 2.30 bits per heavy atom. The van der Waals surface area contributed by atoms with Gasteiger partial charge >= 0.3 is 0 Å². The van der Waals surface area contributed by atoms with Crippen LogP contribution >= 0.6 is 0 Å². The molecule has 0 radical (unpaired) electrons. The number of H-pyrrole nitrogens is 1. The van der Waals surface area contributed by atoms with Gasteiger partial charge in [0.25, 0.3) is 10.0 Å². The third kappa shape index (κ3) is 2.49. The second-order valence-corrected chi connectivity index (χ2v) is 6.55.